The standard InChI is InChI=1S/C18H29N3O3S/c1-3-4-8-18(22)19-9-14-25(23,24)21-12-10-20(11-13-21)17-7-5-6-16(2)15-17/h5-7,15H,3-4,8-14H2,1-2H3,(H,19,22). The fourth-order valence-corrected chi connectivity index (χ4v) is 4.26. The number of piperazine rings is 1. The molecule has 0 spiro atoms. The molecule has 1 fully saturated rings. The van der Waals surface area contributed by atoms with Gasteiger partial charge in [-0.1, -0.05) is 25.5 Å². The second-order valence-corrected chi connectivity index (χ2v) is 8.58. The van der Waals surface area contributed by atoms with Gasteiger partial charge in [0.2, 0.25) is 15.9 Å². The number of amides is 1. The van der Waals surface area contributed by atoms with Crippen LogP contribution < -0.4 is 10.2 Å². The highest BCUT2D eigenvalue weighted by atomic mass is 32.2. The Morgan fingerprint density at radius 3 is 2.56 bits per heavy atom. The van der Waals surface area contributed by atoms with Gasteiger partial charge in [0, 0.05) is 44.8 Å². The first-order valence-corrected chi connectivity index (χ1v) is 10.6. The number of sulfonamides is 1. The molecule has 0 atom stereocenters. The van der Waals surface area contributed by atoms with E-state index in [2.05, 4.69) is 35.3 Å². The molecule has 1 aliphatic heterocycles. The zero-order valence-electron chi connectivity index (χ0n) is 15.2. The molecule has 1 aromatic carbocycles. The molecule has 25 heavy (non-hydrogen) atoms. The van der Waals surface area contributed by atoms with Crippen molar-refractivity contribution in [1.82, 2.24) is 9.62 Å². The molecule has 2 rings (SSSR count). The molecule has 1 heterocycles. The van der Waals surface area contributed by atoms with Gasteiger partial charge in [-0.25, -0.2) is 8.42 Å². The molecule has 0 unspecified atom stereocenters. The van der Waals surface area contributed by atoms with Crippen molar-refractivity contribution < 1.29 is 13.2 Å². The van der Waals surface area contributed by atoms with Crippen molar-refractivity contribution in [3.05, 3.63) is 29.8 Å². The molecule has 7 heteroatoms. The maximum absolute atomic E-state index is 12.4. The maximum Gasteiger partial charge on any atom is 0.220 e. The lowest BCUT2D eigenvalue weighted by atomic mass is 10.2. The Hall–Kier alpha value is -1.60. The fourth-order valence-electron chi connectivity index (χ4n) is 2.92. The van der Waals surface area contributed by atoms with Crippen molar-refractivity contribution in [2.45, 2.75) is 33.1 Å². The lowest BCUT2D eigenvalue weighted by Crippen LogP contribution is -2.50. The highest BCUT2D eigenvalue weighted by Gasteiger charge is 2.26. The molecule has 140 valence electrons. The van der Waals surface area contributed by atoms with Crippen LogP contribution in [0.3, 0.4) is 0 Å². The van der Waals surface area contributed by atoms with E-state index in [1.165, 1.54) is 9.87 Å². The first-order chi connectivity index (χ1) is 11.9. The molecule has 0 bridgehead atoms. The molecule has 1 aromatic rings. The van der Waals surface area contributed by atoms with E-state index in [1.807, 2.05) is 13.0 Å². The number of benzene rings is 1. The summed E-state index contributed by atoms with van der Waals surface area (Å²) in [4.78, 5) is 13.8. The van der Waals surface area contributed by atoms with Crippen LogP contribution in [0.4, 0.5) is 5.69 Å². The Bertz CT molecular complexity index is 668. The summed E-state index contributed by atoms with van der Waals surface area (Å²) in [7, 11) is -3.32. The van der Waals surface area contributed by atoms with Gasteiger partial charge < -0.3 is 10.2 Å². The predicted octanol–water partition coefficient (Wildman–Crippen LogP) is 1.75. The molecule has 1 N–H and O–H groups in total. The number of unbranched alkanes of at least 4 members (excludes halogenated alkanes) is 1. The minimum Gasteiger partial charge on any atom is -0.369 e. The Morgan fingerprint density at radius 1 is 1.20 bits per heavy atom. The molecule has 1 saturated heterocycles. The molecule has 1 amide bonds. The van der Waals surface area contributed by atoms with Crippen LogP contribution in [0.15, 0.2) is 24.3 Å². The Labute approximate surface area is 151 Å². The fraction of sp³-hybridized carbons (Fsp3) is 0.611. The number of aryl methyl sites for hydroxylation is 1. The van der Waals surface area contributed by atoms with Gasteiger partial charge in [0.15, 0.2) is 0 Å². The predicted molar refractivity (Wildman–Crippen MR) is 101 cm³/mol. The number of carbonyl (C=O) groups excluding carboxylic acids is 1. The van der Waals surface area contributed by atoms with Crippen molar-refractivity contribution >= 4 is 21.6 Å². The quantitative estimate of drug-likeness (QED) is 0.760. The van der Waals surface area contributed by atoms with Crippen LogP contribution in [0.5, 0.6) is 0 Å². The van der Waals surface area contributed by atoms with E-state index in [9.17, 15) is 13.2 Å². The van der Waals surface area contributed by atoms with Gasteiger partial charge in [-0.15, -0.1) is 0 Å². The summed E-state index contributed by atoms with van der Waals surface area (Å²) in [6, 6.07) is 8.26. The summed E-state index contributed by atoms with van der Waals surface area (Å²) in [6.45, 7) is 6.60. The second kappa shape index (κ2) is 9.20. The van der Waals surface area contributed by atoms with E-state index in [0.29, 0.717) is 32.6 Å². The van der Waals surface area contributed by atoms with Crippen LogP contribution in [0.1, 0.15) is 31.7 Å². The first kappa shape index (κ1) is 19.7. The summed E-state index contributed by atoms with van der Waals surface area (Å²) in [5.41, 5.74) is 2.34. The van der Waals surface area contributed by atoms with E-state index >= 15 is 0 Å². The summed E-state index contributed by atoms with van der Waals surface area (Å²) < 4.78 is 26.4. The van der Waals surface area contributed by atoms with E-state index in [1.54, 1.807) is 0 Å². The molecular formula is C18H29N3O3S. The van der Waals surface area contributed by atoms with Gasteiger partial charge in [-0.3, -0.25) is 4.79 Å². The summed E-state index contributed by atoms with van der Waals surface area (Å²) in [5, 5.41) is 2.70. The van der Waals surface area contributed by atoms with Gasteiger partial charge in [0.1, 0.15) is 0 Å². The summed E-state index contributed by atoms with van der Waals surface area (Å²) in [6.07, 6.45) is 2.25. The Kier molecular flexibility index (Phi) is 7.25. The molecular weight excluding hydrogens is 338 g/mol. The lowest BCUT2D eigenvalue weighted by molar-refractivity contribution is -0.121. The van der Waals surface area contributed by atoms with Crippen LogP contribution in [0, 0.1) is 6.92 Å². The number of anilines is 1. The van der Waals surface area contributed by atoms with Crippen molar-refractivity contribution in [1.29, 1.82) is 0 Å². The largest absolute Gasteiger partial charge is 0.369 e. The smallest absolute Gasteiger partial charge is 0.220 e. The van der Waals surface area contributed by atoms with E-state index < -0.39 is 10.0 Å². The van der Waals surface area contributed by atoms with Gasteiger partial charge in [0.05, 0.1) is 5.75 Å². The van der Waals surface area contributed by atoms with E-state index in [-0.39, 0.29) is 18.2 Å². The van der Waals surface area contributed by atoms with Crippen LogP contribution in [-0.2, 0) is 14.8 Å². The number of carbonyl (C=O) groups is 1. The number of nitrogens with one attached hydrogen (secondary N) is 1. The number of rotatable bonds is 8. The summed E-state index contributed by atoms with van der Waals surface area (Å²) >= 11 is 0. The van der Waals surface area contributed by atoms with Crippen molar-refractivity contribution in [2.75, 3.05) is 43.4 Å². The number of nitrogens with zero attached hydrogens (tertiary/aromatic N) is 2. The minimum atomic E-state index is -3.32. The topological polar surface area (TPSA) is 69.7 Å². The lowest BCUT2D eigenvalue weighted by Gasteiger charge is -2.35. The first-order valence-electron chi connectivity index (χ1n) is 8.98. The molecule has 0 radical (unpaired) electrons. The second-order valence-electron chi connectivity index (χ2n) is 6.49. The number of hydrogen-bond acceptors (Lipinski definition) is 4. The third-order valence-corrected chi connectivity index (χ3v) is 6.31. The molecule has 1 aliphatic rings. The van der Waals surface area contributed by atoms with Crippen LogP contribution >= 0.6 is 0 Å². The Morgan fingerprint density at radius 2 is 1.92 bits per heavy atom. The number of hydrogen-bond donors (Lipinski definition) is 1. The van der Waals surface area contributed by atoms with Crippen molar-refractivity contribution in [3.63, 3.8) is 0 Å². The van der Waals surface area contributed by atoms with E-state index in [4.69, 9.17) is 0 Å². The average Bonchev–Trinajstić information content (AvgIpc) is 2.60. The van der Waals surface area contributed by atoms with Gasteiger partial charge in [-0.2, -0.15) is 4.31 Å². The van der Waals surface area contributed by atoms with E-state index in [0.717, 1.165) is 18.5 Å². The van der Waals surface area contributed by atoms with Gasteiger partial charge in [0.25, 0.3) is 0 Å². The Balaban J connectivity index is 1.79. The normalized spacial score (nSPS) is 16.0. The van der Waals surface area contributed by atoms with Crippen molar-refractivity contribution in [3.8, 4) is 0 Å². The third-order valence-electron chi connectivity index (χ3n) is 4.44. The highest BCUT2D eigenvalue weighted by Crippen LogP contribution is 2.18. The monoisotopic (exact) mass is 367 g/mol. The SMILES string of the molecule is CCCCC(=O)NCCS(=O)(=O)N1CCN(c2cccc(C)c2)CC1. The average molecular weight is 368 g/mol. The summed E-state index contributed by atoms with van der Waals surface area (Å²) in [5.74, 6) is -0.101. The molecule has 0 aromatic heterocycles. The molecule has 0 aliphatic carbocycles. The van der Waals surface area contributed by atoms with Crippen LogP contribution in [-0.4, -0.2) is 57.1 Å². The van der Waals surface area contributed by atoms with Crippen LogP contribution in [0.25, 0.3) is 0 Å². The maximum atomic E-state index is 12.4. The third kappa shape index (κ3) is 6.01. The van der Waals surface area contributed by atoms with Crippen LogP contribution in [0.2, 0.25) is 0 Å². The molecule has 0 saturated carbocycles. The van der Waals surface area contributed by atoms with Gasteiger partial charge >= 0.3 is 0 Å². The minimum absolute atomic E-state index is 0.0324. The van der Waals surface area contributed by atoms with Crippen molar-refractivity contribution in [2.24, 2.45) is 0 Å². The van der Waals surface area contributed by atoms with Gasteiger partial charge in [-0.05, 0) is 31.0 Å². The zero-order valence-corrected chi connectivity index (χ0v) is 16.0. The highest BCUT2D eigenvalue weighted by molar-refractivity contribution is 7.89. The molecule has 6 nitrogen and oxygen atoms in total. The zero-order chi connectivity index (χ0) is 18.3.